The van der Waals surface area contributed by atoms with E-state index in [2.05, 4.69) is 32.7 Å². The average molecular weight is 337 g/mol. The largest absolute Gasteiger partial charge is 0.508 e. The molecule has 0 radical (unpaired) electrons. The highest BCUT2D eigenvalue weighted by molar-refractivity contribution is 7.20. The number of hydrogen-bond donors (Lipinski definition) is 2. The molecule has 6 nitrogen and oxygen atoms in total. The highest BCUT2D eigenvalue weighted by Gasteiger charge is 2.12. The Bertz CT molecular complexity index is 946. The van der Waals surface area contributed by atoms with Crippen LogP contribution in [0.1, 0.15) is 17.0 Å². The van der Waals surface area contributed by atoms with Gasteiger partial charge in [0.15, 0.2) is 5.82 Å². The van der Waals surface area contributed by atoms with Crippen LogP contribution in [-0.4, -0.2) is 24.9 Å². The van der Waals surface area contributed by atoms with Gasteiger partial charge in [-0.3, -0.25) is 0 Å². The molecule has 0 spiro atoms. The van der Waals surface area contributed by atoms with E-state index in [0.29, 0.717) is 6.42 Å². The number of phenolic OH excluding ortho intramolecular Hbond substituents is 1. The first-order valence-electron chi connectivity index (χ1n) is 7.55. The van der Waals surface area contributed by atoms with Crippen LogP contribution < -0.4 is 5.32 Å². The monoisotopic (exact) mass is 337 g/mol. The Balaban J connectivity index is 1.51. The van der Waals surface area contributed by atoms with Crippen molar-refractivity contribution in [1.29, 1.82) is 0 Å². The summed E-state index contributed by atoms with van der Waals surface area (Å²) in [5.74, 6) is 1.03. The summed E-state index contributed by atoms with van der Waals surface area (Å²) in [4.78, 5) is 0.763. The van der Waals surface area contributed by atoms with Gasteiger partial charge in [0, 0.05) is 13.0 Å². The quantitative estimate of drug-likeness (QED) is 0.585. The van der Waals surface area contributed by atoms with Gasteiger partial charge in [0.1, 0.15) is 5.75 Å². The Morgan fingerprint density at radius 1 is 0.958 bits per heavy atom. The second-order valence-corrected chi connectivity index (χ2v) is 6.36. The van der Waals surface area contributed by atoms with Crippen molar-refractivity contribution in [3.63, 3.8) is 0 Å². The summed E-state index contributed by atoms with van der Waals surface area (Å²) in [5, 5.41) is 26.4. The van der Waals surface area contributed by atoms with Crippen molar-refractivity contribution in [1.82, 2.24) is 19.8 Å². The smallest absolute Gasteiger partial charge is 0.236 e. The minimum atomic E-state index is 0.256. The van der Waals surface area contributed by atoms with Gasteiger partial charge >= 0.3 is 0 Å². The number of benzene rings is 2. The maximum Gasteiger partial charge on any atom is 0.236 e. The zero-order chi connectivity index (χ0) is 16.4. The summed E-state index contributed by atoms with van der Waals surface area (Å²) in [5.41, 5.74) is 2.25. The van der Waals surface area contributed by atoms with Crippen molar-refractivity contribution < 1.29 is 5.11 Å². The van der Waals surface area contributed by atoms with Crippen LogP contribution in [0.5, 0.6) is 5.75 Å². The number of fused-ring (bicyclic) bond motifs is 1. The van der Waals surface area contributed by atoms with Crippen molar-refractivity contribution in [2.75, 3.05) is 5.32 Å². The van der Waals surface area contributed by atoms with Crippen LogP contribution >= 0.6 is 11.3 Å². The van der Waals surface area contributed by atoms with Gasteiger partial charge in [-0.25, -0.2) is 0 Å². The SMILES string of the molecule is Oc1ccc(Cc2nnc3sc(NCc4ccccc4)nn23)cc1. The molecular formula is C17H15N5OS. The summed E-state index contributed by atoms with van der Waals surface area (Å²) in [6.45, 7) is 0.720. The number of phenols is 1. The number of aromatic hydroxyl groups is 1. The fourth-order valence-corrected chi connectivity index (χ4v) is 3.16. The summed E-state index contributed by atoms with van der Waals surface area (Å²) >= 11 is 1.48. The molecule has 0 aliphatic rings. The molecule has 0 atom stereocenters. The van der Waals surface area contributed by atoms with Crippen LogP contribution in [0, 0.1) is 0 Å². The molecule has 2 heterocycles. The van der Waals surface area contributed by atoms with E-state index < -0.39 is 0 Å². The third-order valence-electron chi connectivity index (χ3n) is 3.64. The first-order chi connectivity index (χ1) is 11.8. The molecule has 2 N–H and O–H groups in total. The molecule has 0 fully saturated rings. The topological polar surface area (TPSA) is 75.3 Å². The van der Waals surface area contributed by atoms with Crippen LogP contribution in [0.3, 0.4) is 0 Å². The molecule has 0 aliphatic heterocycles. The number of nitrogens with zero attached hydrogens (tertiary/aromatic N) is 4. The van der Waals surface area contributed by atoms with Crippen molar-refractivity contribution >= 4 is 21.4 Å². The van der Waals surface area contributed by atoms with Crippen LogP contribution in [0.2, 0.25) is 0 Å². The first kappa shape index (κ1) is 14.6. The zero-order valence-corrected chi connectivity index (χ0v) is 13.6. The lowest BCUT2D eigenvalue weighted by molar-refractivity contribution is 0.475. The van der Waals surface area contributed by atoms with Gasteiger partial charge < -0.3 is 10.4 Å². The van der Waals surface area contributed by atoms with Gasteiger partial charge in [0.05, 0.1) is 0 Å². The van der Waals surface area contributed by atoms with Gasteiger partial charge in [0.2, 0.25) is 10.1 Å². The highest BCUT2D eigenvalue weighted by Crippen LogP contribution is 2.21. The summed E-state index contributed by atoms with van der Waals surface area (Å²) in [6, 6.07) is 17.3. The molecule has 0 saturated carbocycles. The van der Waals surface area contributed by atoms with Crippen LogP contribution in [0.15, 0.2) is 54.6 Å². The van der Waals surface area contributed by atoms with E-state index in [9.17, 15) is 5.11 Å². The normalized spacial score (nSPS) is 11.0. The average Bonchev–Trinajstić information content (AvgIpc) is 3.17. The molecular weight excluding hydrogens is 322 g/mol. The molecule has 2 aromatic carbocycles. The lowest BCUT2D eigenvalue weighted by Gasteiger charge is -2.01. The Labute approximate surface area is 142 Å². The second-order valence-electron chi connectivity index (χ2n) is 5.40. The van der Waals surface area contributed by atoms with Crippen LogP contribution in [0.25, 0.3) is 4.96 Å². The van der Waals surface area contributed by atoms with E-state index in [0.717, 1.165) is 28.0 Å². The van der Waals surface area contributed by atoms with E-state index in [1.54, 1.807) is 16.6 Å². The predicted octanol–water partition coefficient (Wildman–Crippen LogP) is 3.09. The Morgan fingerprint density at radius 2 is 1.75 bits per heavy atom. The minimum Gasteiger partial charge on any atom is -0.508 e. The fraction of sp³-hybridized carbons (Fsp3) is 0.118. The summed E-state index contributed by atoms with van der Waals surface area (Å²) in [7, 11) is 0. The molecule has 0 bridgehead atoms. The molecule has 0 saturated heterocycles. The molecule has 4 rings (SSSR count). The van der Waals surface area contributed by atoms with Crippen molar-refractivity contribution in [3.8, 4) is 5.75 Å². The Morgan fingerprint density at radius 3 is 2.54 bits per heavy atom. The zero-order valence-electron chi connectivity index (χ0n) is 12.8. The van der Waals surface area contributed by atoms with Gasteiger partial charge in [-0.2, -0.15) is 4.52 Å². The molecule has 0 aliphatic carbocycles. The van der Waals surface area contributed by atoms with Crippen LogP contribution in [0.4, 0.5) is 5.13 Å². The number of hydrogen-bond acceptors (Lipinski definition) is 6. The Kier molecular flexibility index (Phi) is 3.84. The van der Waals surface area contributed by atoms with E-state index >= 15 is 0 Å². The van der Waals surface area contributed by atoms with E-state index in [4.69, 9.17) is 0 Å². The van der Waals surface area contributed by atoms with Gasteiger partial charge in [-0.05, 0) is 23.3 Å². The highest BCUT2D eigenvalue weighted by atomic mass is 32.1. The van der Waals surface area contributed by atoms with E-state index in [-0.39, 0.29) is 5.75 Å². The molecule has 4 aromatic rings. The first-order valence-corrected chi connectivity index (χ1v) is 8.36. The Hall–Kier alpha value is -2.93. The maximum absolute atomic E-state index is 9.36. The third kappa shape index (κ3) is 3.07. The molecule has 0 amide bonds. The third-order valence-corrected chi connectivity index (χ3v) is 4.50. The number of anilines is 1. The predicted molar refractivity (Wildman–Crippen MR) is 93.3 cm³/mol. The molecule has 24 heavy (non-hydrogen) atoms. The lowest BCUT2D eigenvalue weighted by Crippen LogP contribution is -2.01. The summed E-state index contributed by atoms with van der Waals surface area (Å²) < 4.78 is 1.77. The second kappa shape index (κ2) is 6.29. The molecule has 0 unspecified atom stereocenters. The number of aromatic nitrogens is 4. The standard InChI is InChI=1S/C17H15N5OS/c23-14-8-6-12(7-9-14)10-15-19-20-17-22(15)21-16(24-17)18-11-13-4-2-1-3-5-13/h1-9,23H,10-11H2,(H,18,21). The maximum atomic E-state index is 9.36. The van der Waals surface area contributed by atoms with Crippen molar-refractivity contribution in [3.05, 3.63) is 71.5 Å². The lowest BCUT2D eigenvalue weighted by atomic mass is 10.1. The molecule has 120 valence electrons. The fourth-order valence-electron chi connectivity index (χ4n) is 2.41. The van der Waals surface area contributed by atoms with Crippen molar-refractivity contribution in [2.24, 2.45) is 0 Å². The van der Waals surface area contributed by atoms with Crippen molar-refractivity contribution in [2.45, 2.75) is 13.0 Å². The van der Waals surface area contributed by atoms with Crippen LogP contribution in [-0.2, 0) is 13.0 Å². The van der Waals surface area contributed by atoms with E-state index in [1.165, 1.54) is 16.9 Å². The number of rotatable bonds is 5. The molecule has 7 heteroatoms. The summed E-state index contributed by atoms with van der Waals surface area (Å²) in [6.07, 6.45) is 0.614. The minimum absolute atomic E-state index is 0.256. The van der Waals surface area contributed by atoms with Gasteiger partial charge in [-0.15, -0.1) is 15.3 Å². The number of nitrogens with one attached hydrogen (secondary N) is 1. The molecule has 2 aromatic heterocycles. The van der Waals surface area contributed by atoms with Gasteiger partial charge in [0.25, 0.3) is 0 Å². The van der Waals surface area contributed by atoms with Gasteiger partial charge in [-0.1, -0.05) is 53.8 Å². The van der Waals surface area contributed by atoms with E-state index in [1.807, 2.05) is 30.3 Å².